The monoisotopic (exact) mass is 472 g/mol. The summed E-state index contributed by atoms with van der Waals surface area (Å²) in [5.74, 6) is -1.89. The predicted molar refractivity (Wildman–Crippen MR) is 113 cm³/mol. The number of nitrogens with one attached hydrogen (secondary N) is 2. The Bertz CT molecular complexity index is 1070. The van der Waals surface area contributed by atoms with Gasteiger partial charge in [0, 0.05) is 37.5 Å². The van der Waals surface area contributed by atoms with E-state index in [4.69, 9.17) is 0 Å². The molecule has 180 valence electrons. The first-order valence-corrected chi connectivity index (χ1v) is 10.3. The molecular weight excluding hydrogens is 447 g/mol. The molecule has 0 unspecified atom stereocenters. The average Bonchev–Trinajstić information content (AvgIpc) is 3.54. The maximum absolute atomic E-state index is 14.3. The Balaban J connectivity index is 1.89. The normalized spacial score (nSPS) is 14.7. The molecule has 0 saturated heterocycles. The minimum Gasteiger partial charge on any atom is -0.383 e. The number of rotatable bonds is 10. The fourth-order valence-electron chi connectivity index (χ4n) is 3.49. The van der Waals surface area contributed by atoms with Crippen LogP contribution in [0.5, 0.6) is 0 Å². The van der Waals surface area contributed by atoms with Crippen LogP contribution >= 0.6 is 0 Å². The molecule has 1 aliphatic rings. The molecule has 0 atom stereocenters. The topological polar surface area (TPSA) is 66.4 Å². The van der Waals surface area contributed by atoms with Crippen LogP contribution in [-0.2, 0) is 12.1 Å². The van der Waals surface area contributed by atoms with Crippen molar-refractivity contribution in [3.63, 3.8) is 0 Å². The van der Waals surface area contributed by atoms with Gasteiger partial charge in [-0.15, -0.1) is 0 Å². The molecule has 0 bridgehead atoms. The first kappa shape index (κ1) is 24.7. The van der Waals surface area contributed by atoms with Gasteiger partial charge in [-0.1, -0.05) is 18.2 Å². The van der Waals surface area contributed by atoms with Crippen LogP contribution in [-0.4, -0.2) is 49.0 Å². The molecule has 1 amide bonds. The first-order chi connectivity index (χ1) is 15.6. The Morgan fingerprint density at radius 1 is 1.21 bits per heavy atom. The van der Waals surface area contributed by atoms with Crippen LogP contribution in [0.25, 0.3) is 0 Å². The molecule has 1 fully saturated rings. The molecule has 0 spiro atoms. The number of pyridine rings is 1. The third-order valence-electron chi connectivity index (χ3n) is 5.60. The summed E-state index contributed by atoms with van der Waals surface area (Å²) in [7, 11) is 3.66. The summed E-state index contributed by atoms with van der Waals surface area (Å²) in [4.78, 5) is 27.3. The summed E-state index contributed by atoms with van der Waals surface area (Å²) in [5, 5.41) is 5.38. The molecule has 1 saturated carbocycles. The third-order valence-corrected chi connectivity index (χ3v) is 5.60. The fraction of sp³-hybridized carbons (Fsp3) is 0.455. The molecule has 1 heterocycles. The van der Waals surface area contributed by atoms with Gasteiger partial charge in [0.25, 0.3) is 24.3 Å². The number of alkyl halides is 4. The van der Waals surface area contributed by atoms with E-state index in [9.17, 15) is 31.5 Å². The fourth-order valence-corrected chi connectivity index (χ4v) is 3.49. The number of hydrogen-bond donors (Lipinski definition) is 2. The van der Waals surface area contributed by atoms with E-state index in [-0.39, 0.29) is 29.7 Å². The Morgan fingerprint density at radius 2 is 1.91 bits per heavy atom. The van der Waals surface area contributed by atoms with E-state index in [2.05, 4.69) is 10.6 Å². The zero-order chi connectivity index (χ0) is 24.3. The van der Waals surface area contributed by atoms with Crippen LogP contribution in [0.4, 0.5) is 27.6 Å². The first-order valence-electron chi connectivity index (χ1n) is 10.3. The molecule has 33 heavy (non-hydrogen) atoms. The highest BCUT2D eigenvalue weighted by atomic mass is 19.3. The van der Waals surface area contributed by atoms with Crippen molar-refractivity contribution in [2.24, 2.45) is 0 Å². The summed E-state index contributed by atoms with van der Waals surface area (Å²) < 4.78 is 68.2. The van der Waals surface area contributed by atoms with Gasteiger partial charge in [-0.3, -0.25) is 9.59 Å². The SMILES string of the molecule is CN(C)CCNc1cc(=O)n(C2(C(F)F)CC2)cc1C(=O)NCc1cccc(C(F)F)c1F. The highest BCUT2D eigenvalue weighted by molar-refractivity contribution is 5.99. The van der Waals surface area contributed by atoms with Crippen LogP contribution in [0.1, 0.15) is 40.8 Å². The van der Waals surface area contributed by atoms with Gasteiger partial charge in [0.15, 0.2) is 0 Å². The second kappa shape index (κ2) is 9.90. The Morgan fingerprint density at radius 3 is 2.48 bits per heavy atom. The molecule has 3 rings (SSSR count). The van der Waals surface area contributed by atoms with E-state index >= 15 is 0 Å². The third kappa shape index (κ3) is 5.35. The van der Waals surface area contributed by atoms with Crippen molar-refractivity contribution in [3.8, 4) is 0 Å². The van der Waals surface area contributed by atoms with Crippen LogP contribution in [0.2, 0.25) is 0 Å². The van der Waals surface area contributed by atoms with E-state index in [1.165, 1.54) is 12.1 Å². The van der Waals surface area contributed by atoms with E-state index in [1.807, 2.05) is 19.0 Å². The quantitative estimate of drug-likeness (QED) is 0.519. The van der Waals surface area contributed by atoms with Gasteiger partial charge in [0.05, 0.1) is 16.8 Å². The zero-order valence-electron chi connectivity index (χ0n) is 18.2. The lowest BCUT2D eigenvalue weighted by Gasteiger charge is -2.21. The van der Waals surface area contributed by atoms with E-state index in [0.717, 1.165) is 22.9 Å². The van der Waals surface area contributed by atoms with Crippen molar-refractivity contribution in [2.45, 2.75) is 37.8 Å². The van der Waals surface area contributed by atoms with Crippen LogP contribution in [0, 0.1) is 5.82 Å². The summed E-state index contributed by atoms with van der Waals surface area (Å²) in [6.45, 7) is 0.528. The minimum absolute atomic E-state index is 0.0781. The number of amides is 1. The largest absolute Gasteiger partial charge is 0.383 e. The number of halogens is 5. The smallest absolute Gasteiger partial charge is 0.266 e. The number of carbonyl (C=O) groups excluding carboxylic acids is 1. The number of carbonyl (C=O) groups is 1. The van der Waals surface area contributed by atoms with Gasteiger partial charge >= 0.3 is 0 Å². The van der Waals surface area contributed by atoms with Gasteiger partial charge in [-0.2, -0.15) is 0 Å². The summed E-state index contributed by atoms with van der Waals surface area (Å²) in [6.07, 6.45) is -4.51. The average molecular weight is 472 g/mol. The van der Waals surface area contributed by atoms with Crippen molar-refractivity contribution < 1.29 is 26.7 Å². The molecule has 6 nitrogen and oxygen atoms in total. The van der Waals surface area contributed by atoms with Crippen LogP contribution < -0.4 is 16.2 Å². The number of aromatic nitrogens is 1. The highest BCUT2D eigenvalue weighted by Gasteiger charge is 2.53. The molecule has 2 aromatic rings. The maximum Gasteiger partial charge on any atom is 0.266 e. The lowest BCUT2D eigenvalue weighted by molar-refractivity contribution is 0.0648. The number of benzene rings is 1. The molecule has 1 aliphatic carbocycles. The molecule has 1 aromatic carbocycles. The number of anilines is 1. The molecule has 0 radical (unpaired) electrons. The predicted octanol–water partition coefficient (Wildman–Crippen LogP) is 3.58. The number of nitrogens with zero attached hydrogens (tertiary/aromatic N) is 2. The lowest BCUT2D eigenvalue weighted by atomic mass is 10.1. The van der Waals surface area contributed by atoms with Gasteiger partial charge in [0.1, 0.15) is 11.4 Å². The van der Waals surface area contributed by atoms with E-state index in [1.54, 1.807) is 0 Å². The summed E-state index contributed by atoms with van der Waals surface area (Å²) in [5.41, 5.74) is -3.19. The second-order valence-electron chi connectivity index (χ2n) is 8.25. The Hall–Kier alpha value is -2.95. The molecule has 2 N–H and O–H groups in total. The van der Waals surface area contributed by atoms with E-state index < -0.39 is 47.8 Å². The zero-order valence-corrected chi connectivity index (χ0v) is 18.2. The Labute approximate surface area is 187 Å². The molecule has 1 aromatic heterocycles. The van der Waals surface area contributed by atoms with Crippen molar-refractivity contribution in [2.75, 3.05) is 32.5 Å². The van der Waals surface area contributed by atoms with Crippen LogP contribution in [0.15, 0.2) is 35.3 Å². The summed E-state index contributed by atoms with van der Waals surface area (Å²) in [6, 6.07) is 4.55. The van der Waals surface area contributed by atoms with Crippen LogP contribution in [0.3, 0.4) is 0 Å². The Kier molecular flexibility index (Phi) is 7.41. The van der Waals surface area contributed by atoms with Gasteiger partial charge in [0.2, 0.25) is 0 Å². The van der Waals surface area contributed by atoms with Gasteiger partial charge < -0.3 is 20.1 Å². The number of hydrogen-bond acceptors (Lipinski definition) is 4. The summed E-state index contributed by atoms with van der Waals surface area (Å²) >= 11 is 0. The van der Waals surface area contributed by atoms with Gasteiger partial charge in [-0.05, 0) is 26.9 Å². The molecular formula is C22H25F5N4O2. The van der Waals surface area contributed by atoms with E-state index in [0.29, 0.717) is 13.1 Å². The standard InChI is InChI=1S/C22H25F5N4O2/c1-30(2)9-8-28-16-10-17(32)31(22(6-7-22)21(26)27)12-15(16)20(33)29-11-13-4-3-5-14(18(13)23)19(24)25/h3-5,10,12,19,21,28H,6-9,11H2,1-2H3,(H,29,33). The lowest BCUT2D eigenvalue weighted by Crippen LogP contribution is -2.37. The maximum atomic E-state index is 14.3. The molecule has 11 heteroatoms. The van der Waals surface area contributed by atoms with Crippen molar-refractivity contribution >= 4 is 11.6 Å². The second-order valence-corrected chi connectivity index (χ2v) is 8.25. The molecule has 0 aliphatic heterocycles. The number of likely N-dealkylation sites (N-methyl/N-ethyl adjacent to an activating group) is 1. The van der Waals surface area contributed by atoms with Gasteiger partial charge in [-0.25, -0.2) is 22.0 Å². The van der Waals surface area contributed by atoms with Crippen molar-refractivity contribution in [1.82, 2.24) is 14.8 Å². The minimum atomic E-state index is -3.01. The highest BCUT2D eigenvalue weighted by Crippen LogP contribution is 2.47. The van der Waals surface area contributed by atoms with Crippen molar-refractivity contribution in [1.29, 1.82) is 0 Å². The van der Waals surface area contributed by atoms with Crippen molar-refractivity contribution in [3.05, 3.63) is 63.3 Å².